The number of aromatic nitrogens is 1. The van der Waals surface area contributed by atoms with E-state index in [9.17, 15) is 19.7 Å². The number of nitro groups is 1. The Balaban J connectivity index is 2.02. The molecule has 7 nitrogen and oxygen atoms in total. The van der Waals surface area contributed by atoms with Crippen molar-refractivity contribution in [2.45, 2.75) is 33.7 Å². The van der Waals surface area contributed by atoms with Crippen LogP contribution in [0.2, 0.25) is 0 Å². The van der Waals surface area contributed by atoms with Crippen molar-refractivity contribution in [3.05, 3.63) is 79.6 Å². The molecule has 1 aromatic heterocycles. The lowest BCUT2D eigenvalue weighted by atomic mass is 10.0. The number of hydrogen-bond donors (Lipinski definition) is 1. The summed E-state index contributed by atoms with van der Waals surface area (Å²) in [4.78, 5) is 35.9. The topological polar surface area (TPSA) is 94.2 Å². The molecule has 1 unspecified atom stereocenters. The number of benzene rings is 2. The van der Waals surface area contributed by atoms with E-state index in [1.807, 2.05) is 32.9 Å². The summed E-state index contributed by atoms with van der Waals surface area (Å²) in [6.07, 6.45) is 0. The summed E-state index contributed by atoms with van der Waals surface area (Å²) in [6.45, 7) is 7.46. The maximum atomic E-state index is 12.9. The van der Waals surface area contributed by atoms with Gasteiger partial charge in [-0.15, -0.1) is 0 Å². The number of amides is 1. The molecule has 0 saturated heterocycles. The van der Waals surface area contributed by atoms with Crippen molar-refractivity contribution in [2.75, 3.05) is 5.32 Å². The first-order valence-electron chi connectivity index (χ1n) is 8.87. The Hall–Kier alpha value is -3.48. The Morgan fingerprint density at radius 3 is 2.32 bits per heavy atom. The smallest absolute Gasteiger partial charge is 0.270 e. The van der Waals surface area contributed by atoms with Crippen LogP contribution in [-0.4, -0.2) is 15.4 Å². The second kappa shape index (κ2) is 7.26. The van der Waals surface area contributed by atoms with Gasteiger partial charge in [0.2, 0.25) is 5.91 Å². The lowest BCUT2D eigenvalue weighted by Gasteiger charge is -2.19. The minimum atomic E-state index is -0.794. The average Bonchev–Trinajstić information content (AvgIpc) is 2.63. The minimum Gasteiger partial charge on any atom is -0.324 e. The van der Waals surface area contributed by atoms with Gasteiger partial charge in [0.05, 0.1) is 10.4 Å². The lowest BCUT2D eigenvalue weighted by Crippen LogP contribution is -2.31. The third kappa shape index (κ3) is 3.51. The third-order valence-corrected chi connectivity index (χ3v) is 4.82. The molecular formula is C21H21N3O4. The maximum absolute atomic E-state index is 12.9. The van der Waals surface area contributed by atoms with Crippen LogP contribution in [0.15, 0.2) is 47.3 Å². The van der Waals surface area contributed by atoms with E-state index in [0.29, 0.717) is 10.9 Å². The van der Waals surface area contributed by atoms with Crippen LogP contribution in [-0.2, 0) is 4.79 Å². The number of non-ortho nitro benzene ring substituents is 1. The van der Waals surface area contributed by atoms with Gasteiger partial charge in [-0.05, 0) is 51.0 Å². The second-order valence-corrected chi connectivity index (χ2v) is 6.98. The van der Waals surface area contributed by atoms with Gasteiger partial charge in [0.15, 0.2) is 0 Å². The van der Waals surface area contributed by atoms with Gasteiger partial charge in [-0.3, -0.25) is 24.3 Å². The number of aryl methyl sites for hydroxylation is 3. The quantitative estimate of drug-likeness (QED) is 0.547. The van der Waals surface area contributed by atoms with Crippen LogP contribution in [0, 0.1) is 30.9 Å². The molecule has 0 fully saturated rings. The second-order valence-electron chi connectivity index (χ2n) is 6.98. The Bertz CT molecular complexity index is 1140. The highest BCUT2D eigenvalue weighted by atomic mass is 16.6. The first kappa shape index (κ1) is 19.3. The fourth-order valence-electron chi connectivity index (χ4n) is 3.49. The molecule has 0 bridgehead atoms. The molecule has 1 N–H and O–H groups in total. The van der Waals surface area contributed by atoms with E-state index in [-0.39, 0.29) is 17.2 Å². The first-order valence-corrected chi connectivity index (χ1v) is 8.87. The van der Waals surface area contributed by atoms with Crippen molar-refractivity contribution < 1.29 is 9.72 Å². The Morgan fingerprint density at radius 2 is 1.71 bits per heavy atom. The molecule has 3 aromatic rings. The predicted molar refractivity (Wildman–Crippen MR) is 109 cm³/mol. The molecule has 7 heteroatoms. The molecule has 3 rings (SSSR count). The zero-order chi connectivity index (χ0) is 20.6. The molecule has 0 radical (unpaired) electrons. The predicted octanol–water partition coefficient (Wildman–Crippen LogP) is 4.03. The Labute approximate surface area is 161 Å². The normalized spacial score (nSPS) is 12.0. The molecule has 1 heterocycles. The number of carbonyl (C=O) groups excluding carboxylic acids is 1. The van der Waals surface area contributed by atoms with Crippen molar-refractivity contribution in [3.63, 3.8) is 0 Å². The number of rotatable bonds is 4. The molecule has 0 aliphatic rings. The number of nitrogens with one attached hydrogen (secondary N) is 1. The van der Waals surface area contributed by atoms with E-state index < -0.39 is 11.0 Å². The molecule has 28 heavy (non-hydrogen) atoms. The van der Waals surface area contributed by atoms with E-state index in [4.69, 9.17) is 0 Å². The van der Waals surface area contributed by atoms with Gasteiger partial charge >= 0.3 is 0 Å². The van der Waals surface area contributed by atoms with Gasteiger partial charge in [0.1, 0.15) is 6.04 Å². The summed E-state index contributed by atoms with van der Waals surface area (Å²) in [6, 6.07) is 10.2. The van der Waals surface area contributed by atoms with Crippen LogP contribution in [0.3, 0.4) is 0 Å². The van der Waals surface area contributed by atoms with E-state index in [1.165, 1.54) is 34.9 Å². The molecular weight excluding hydrogens is 358 g/mol. The van der Waals surface area contributed by atoms with Gasteiger partial charge in [0, 0.05) is 29.3 Å². The summed E-state index contributed by atoms with van der Waals surface area (Å²) in [5.41, 5.74) is 3.78. The van der Waals surface area contributed by atoms with Crippen molar-refractivity contribution in [1.29, 1.82) is 0 Å². The summed E-state index contributed by atoms with van der Waals surface area (Å²) in [7, 11) is 0. The van der Waals surface area contributed by atoms with Gasteiger partial charge in [-0.2, -0.15) is 0 Å². The van der Waals surface area contributed by atoms with Crippen LogP contribution in [0.1, 0.15) is 29.7 Å². The SMILES string of the molecule is Cc1cc(C)c(NC(=O)C(C)n2c(=O)ccc3cc([N+](=O)[O-])ccc32)c(C)c1. The highest BCUT2D eigenvalue weighted by molar-refractivity contribution is 5.96. The van der Waals surface area contributed by atoms with Gasteiger partial charge in [-0.1, -0.05) is 17.7 Å². The maximum Gasteiger partial charge on any atom is 0.270 e. The lowest BCUT2D eigenvalue weighted by molar-refractivity contribution is -0.384. The van der Waals surface area contributed by atoms with Gasteiger partial charge in [0.25, 0.3) is 11.2 Å². The largest absolute Gasteiger partial charge is 0.324 e. The summed E-state index contributed by atoms with van der Waals surface area (Å²) in [5, 5.41) is 14.4. The van der Waals surface area contributed by atoms with Crippen molar-refractivity contribution >= 4 is 28.2 Å². The van der Waals surface area contributed by atoms with Gasteiger partial charge in [-0.25, -0.2) is 0 Å². The van der Waals surface area contributed by atoms with Crippen LogP contribution in [0.4, 0.5) is 11.4 Å². The van der Waals surface area contributed by atoms with E-state index in [0.717, 1.165) is 22.4 Å². The molecule has 1 amide bonds. The number of hydrogen-bond acceptors (Lipinski definition) is 4. The number of carbonyl (C=O) groups is 1. The molecule has 0 spiro atoms. The standard InChI is InChI=1S/C21H21N3O4/c1-12-9-13(2)20(14(3)10-12)22-21(26)15(4)23-18-7-6-17(24(27)28)11-16(18)5-8-19(23)25/h5-11,15H,1-4H3,(H,22,26). The molecule has 2 aromatic carbocycles. The van der Waals surface area contributed by atoms with Crippen LogP contribution in [0.5, 0.6) is 0 Å². The zero-order valence-electron chi connectivity index (χ0n) is 16.1. The zero-order valence-corrected chi connectivity index (χ0v) is 16.1. The molecule has 144 valence electrons. The third-order valence-electron chi connectivity index (χ3n) is 4.82. The van der Waals surface area contributed by atoms with Crippen LogP contribution in [0.25, 0.3) is 10.9 Å². The average molecular weight is 379 g/mol. The molecule has 1 atom stereocenters. The fraction of sp³-hybridized carbons (Fsp3) is 0.238. The summed E-state index contributed by atoms with van der Waals surface area (Å²) >= 11 is 0. The Morgan fingerprint density at radius 1 is 1.07 bits per heavy atom. The Kier molecular flexibility index (Phi) is 5.00. The van der Waals surface area contributed by atoms with Gasteiger partial charge < -0.3 is 5.32 Å². The minimum absolute atomic E-state index is 0.0688. The molecule has 0 saturated carbocycles. The number of nitrogens with zero attached hydrogens (tertiary/aromatic N) is 2. The number of pyridine rings is 1. The van der Waals surface area contributed by atoms with Crippen molar-refractivity contribution in [2.24, 2.45) is 0 Å². The number of nitro benzene ring substituents is 1. The monoisotopic (exact) mass is 379 g/mol. The molecule has 0 aliphatic heterocycles. The highest BCUT2D eigenvalue weighted by Gasteiger charge is 2.20. The van der Waals surface area contributed by atoms with E-state index >= 15 is 0 Å². The first-order chi connectivity index (χ1) is 13.2. The number of fused-ring (bicyclic) bond motifs is 1. The van der Waals surface area contributed by atoms with E-state index in [1.54, 1.807) is 6.92 Å². The van der Waals surface area contributed by atoms with Crippen LogP contribution < -0.4 is 10.9 Å². The summed E-state index contributed by atoms with van der Waals surface area (Å²) < 4.78 is 1.35. The van der Waals surface area contributed by atoms with Crippen molar-refractivity contribution in [1.82, 2.24) is 4.57 Å². The number of anilines is 1. The fourth-order valence-corrected chi connectivity index (χ4v) is 3.49. The van der Waals surface area contributed by atoms with E-state index in [2.05, 4.69) is 5.32 Å². The highest BCUT2D eigenvalue weighted by Crippen LogP contribution is 2.25. The molecule has 0 aliphatic carbocycles. The van der Waals surface area contributed by atoms with Crippen LogP contribution >= 0.6 is 0 Å². The van der Waals surface area contributed by atoms with Crippen molar-refractivity contribution in [3.8, 4) is 0 Å². The summed E-state index contributed by atoms with van der Waals surface area (Å²) in [5.74, 6) is -0.331.